The smallest absolute Gasteiger partial charge is 0.0735 e. The fourth-order valence-electron chi connectivity index (χ4n) is 11.8. The fraction of sp³-hybridized carbons (Fsp3) is 0.119. The number of hydrogen-bond donors (Lipinski definition) is 0. The number of fused-ring (bicyclic) bond motifs is 16. The van der Waals surface area contributed by atoms with Gasteiger partial charge in [0, 0.05) is 37.7 Å². The molecule has 0 bridgehead atoms. The third kappa shape index (κ3) is 4.58. The molecule has 1 aliphatic heterocycles. The molecule has 290 valence electrons. The standard InChI is InChI=1S/C59H43NS/c1-57(2)47-19-9-5-15-41(47)45-29-27-39(34-52(45)57)60(40-28-30-46-42-16-6-10-20-48(42)58(3,4)53(46)35-40)38-26-25-36-32-54-56(33-37(36)31-38)61-55-24-14-13-23-51(55)59(54)49-21-11-7-17-43(49)44-18-8-12-22-50(44)59/h5-35H,1-4H3. The third-order valence-electron chi connectivity index (χ3n) is 14.7. The van der Waals surface area contributed by atoms with E-state index in [1.807, 2.05) is 11.8 Å². The van der Waals surface area contributed by atoms with Crippen LogP contribution in [0.1, 0.15) is 72.2 Å². The predicted molar refractivity (Wildman–Crippen MR) is 255 cm³/mol. The van der Waals surface area contributed by atoms with Crippen molar-refractivity contribution in [2.24, 2.45) is 0 Å². The van der Waals surface area contributed by atoms with Crippen molar-refractivity contribution in [2.75, 3.05) is 4.90 Å². The van der Waals surface area contributed by atoms with E-state index < -0.39 is 5.41 Å². The minimum atomic E-state index is -0.396. The molecule has 61 heavy (non-hydrogen) atoms. The number of benzene rings is 9. The van der Waals surface area contributed by atoms with E-state index in [-0.39, 0.29) is 10.8 Å². The molecule has 0 amide bonds. The Labute approximate surface area is 362 Å². The van der Waals surface area contributed by atoms with Gasteiger partial charge in [-0.25, -0.2) is 0 Å². The van der Waals surface area contributed by atoms with Crippen molar-refractivity contribution in [3.8, 4) is 33.4 Å². The van der Waals surface area contributed by atoms with Crippen LogP contribution >= 0.6 is 11.8 Å². The number of hydrogen-bond acceptors (Lipinski definition) is 2. The highest BCUT2D eigenvalue weighted by atomic mass is 32.2. The van der Waals surface area contributed by atoms with E-state index in [1.165, 1.54) is 110 Å². The average Bonchev–Trinajstić information content (AvgIpc) is 3.81. The molecule has 0 saturated carbocycles. The summed E-state index contributed by atoms with van der Waals surface area (Å²) in [5, 5.41) is 2.49. The normalized spacial score (nSPS) is 15.9. The van der Waals surface area contributed by atoms with Crippen LogP contribution in [-0.4, -0.2) is 0 Å². The molecule has 0 aromatic heterocycles. The first-order valence-corrected chi connectivity index (χ1v) is 22.4. The SMILES string of the molecule is CC1(C)c2ccccc2-c2ccc(N(c3ccc4c(c3)C(C)(C)c3ccccc3-4)c3ccc4cc5c(cc4c3)Sc3ccccc3C53c4ccccc4-c4ccccc43)cc21. The minimum Gasteiger partial charge on any atom is -0.310 e. The Hall–Kier alpha value is -6.61. The summed E-state index contributed by atoms with van der Waals surface area (Å²) < 4.78 is 0. The largest absolute Gasteiger partial charge is 0.310 e. The fourth-order valence-corrected chi connectivity index (χ4v) is 13.1. The lowest BCUT2D eigenvalue weighted by Gasteiger charge is -2.40. The Bertz CT molecular complexity index is 3210. The quantitative estimate of drug-likeness (QED) is 0.175. The van der Waals surface area contributed by atoms with Gasteiger partial charge in [0.05, 0.1) is 5.41 Å². The zero-order chi connectivity index (χ0) is 40.8. The summed E-state index contributed by atoms with van der Waals surface area (Å²) in [6.45, 7) is 9.52. The van der Waals surface area contributed by atoms with Crippen LogP contribution in [0.4, 0.5) is 17.1 Å². The third-order valence-corrected chi connectivity index (χ3v) is 15.8. The van der Waals surface area contributed by atoms with Crippen LogP contribution in [0.15, 0.2) is 198 Å². The van der Waals surface area contributed by atoms with Crippen LogP contribution in [0, 0.1) is 0 Å². The molecule has 13 rings (SSSR count). The van der Waals surface area contributed by atoms with Gasteiger partial charge in [0.1, 0.15) is 0 Å². The van der Waals surface area contributed by atoms with Crippen LogP contribution in [-0.2, 0) is 16.2 Å². The molecule has 9 aromatic rings. The molecule has 1 spiro atoms. The lowest BCUT2D eigenvalue weighted by molar-refractivity contribution is 0.660. The van der Waals surface area contributed by atoms with Crippen molar-refractivity contribution in [2.45, 2.75) is 53.7 Å². The highest BCUT2D eigenvalue weighted by Crippen LogP contribution is 2.63. The van der Waals surface area contributed by atoms with Gasteiger partial charge in [0.25, 0.3) is 0 Å². The highest BCUT2D eigenvalue weighted by molar-refractivity contribution is 7.99. The molecule has 1 nitrogen and oxygen atoms in total. The predicted octanol–water partition coefficient (Wildman–Crippen LogP) is 15.7. The lowest BCUT2D eigenvalue weighted by Crippen LogP contribution is -2.31. The Morgan fingerprint density at radius 1 is 0.311 bits per heavy atom. The summed E-state index contributed by atoms with van der Waals surface area (Å²) in [4.78, 5) is 5.14. The first-order valence-electron chi connectivity index (χ1n) is 21.6. The summed E-state index contributed by atoms with van der Waals surface area (Å²) >= 11 is 1.92. The van der Waals surface area contributed by atoms with Crippen molar-refractivity contribution in [1.29, 1.82) is 0 Å². The molecule has 2 heteroatoms. The number of nitrogens with zero attached hydrogens (tertiary/aromatic N) is 1. The molecule has 9 aromatic carbocycles. The summed E-state index contributed by atoms with van der Waals surface area (Å²) in [6.07, 6.45) is 0. The van der Waals surface area contributed by atoms with Gasteiger partial charge in [-0.15, -0.1) is 0 Å². The summed E-state index contributed by atoms with van der Waals surface area (Å²) in [6, 6.07) is 71.6. The lowest BCUT2D eigenvalue weighted by atomic mass is 9.67. The molecule has 4 aliphatic rings. The van der Waals surface area contributed by atoms with Crippen molar-refractivity contribution in [3.63, 3.8) is 0 Å². The average molecular weight is 798 g/mol. The second-order valence-corrected chi connectivity index (χ2v) is 19.5. The topological polar surface area (TPSA) is 3.24 Å². The van der Waals surface area contributed by atoms with Crippen LogP contribution in [0.25, 0.3) is 44.2 Å². The second kappa shape index (κ2) is 12.2. The second-order valence-electron chi connectivity index (χ2n) is 18.5. The van der Waals surface area contributed by atoms with E-state index in [1.54, 1.807) is 0 Å². The molecule has 0 fully saturated rings. The van der Waals surface area contributed by atoms with Crippen LogP contribution in [0.5, 0.6) is 0 Å². The monoisotopic (exact) mass is 797 g/mol. The van der Waals surface area contributed by atoms with Gasteiger partial charge in [-0.05, 0) is 143 Å². The van der Waals surface area contributed by atoms with E-state index in [0.717, 1.165) is 5.69 Å². The Kier molecular flexibility index (Phi) is 7.06. The van der Waals surface area contributed by atoms with Crippen molar-refractivity contribution < 1.29 is 0 Å². The van der Waals surface area contributed by atoms with Crippen LogP contribution in [0.2, 0.25) is 0 Å². The van der Waals surface area contributed by atoms with Crippen molar-refractivity contribution >= 4 is 39.6 Å². The summed E-state index contributed by atoms with van der Waals surface area (Å²) in [5.74, 6) is 0. The zero-order valence-corrected chi connectivity index (χ0v) is 35.6. The molecule has 0 unspecified atom stereocenters. The summed E-state index contributed by atoms with van der Waals surface area (Å²) in [5.41, 5.74) is 21.9. The Balaban J connectivity index is 1.02. The Morgan fingerprint density at radius 3 is 1.30 bits per heavy atom. The first-order chi connectivity index (χ1) is 29.7. The Morgan fingerprint density at radius 2 is 0.738 bits per heavy atom. The maximum atomic E-state index is 2.50. The van der Waals surface area contributed by atoms with Gasteiger partial charge in [0.2, 0.25) is 0 Å². The van der Waals surface area contributed by atoms with Gasteiger partial charge in [-0.1, -0.05) is 173 Å². The molecule has 0 saturated heterocycles. The molecule has 3 aliphatic carbocycles. The molecular formula is C59H43NS. The summed E-state index contributed by atoms with van der Waals surface area (Å²) in [7, 11) is 0. The van der Waals surface area contributed by atoms with Crippen molar-refractivity contribution in [1.82, 2.24) is 0 Å². The molecule has 1 heterocycles. The maximum Gasteiger partial charge on any atom is 0.0735 e. The molecular weight excluding hydrogens is 755 g/mol. The van der Waals surface area contributed by atoms with Gasteiger partial charge in [0.15, 0.2) is 0 Å². The van der Waals surface area contributed by atoms with E-state index in [9.17, 15) is 0 Å². The number of anilines is 3. The van der Waals surface area contributed by atoms with Crippen LogP contribution in [0.3, 0.4) is 0 Å². The van der Waals surface area contributed by atoms with Gasteiger partial charge in [-0.2, -0.15) is 0 Å². The molecule has 0 N–H and O–H groups in total. The maximum absolute atomic E-state index is 2.50. The molecule has 0 radical (unpaired) electrons. The van der Waals surface area contributed by atoms with Crippen molar-refractivity contribution in [3.05, 3.63) is 233 Å². The van der Waals surface area contributed by atoms with Gasteiger partial charge < -0.3 is 4.90 Å². The van der Waals surface area contributed by atoms with E-state index in [4.69, 9.17) is 0 Å². The minimum absolute atomic E-state index is 0.113. The molecule has 0 atom stereocenters. The number of rotatable bonds is 3. The highest BCUT2D eigenvalue weighted by Gasteiger charge is 2.50. The van der Waals surface area contributed by atoms with E-state index >= 15 is 0 Å². The zero-order valence-electron chi connectivity index (χ0n) is 34.8. The van der Waals surface area contributed by atoms with E-state index in [2.05, 4.69) is 221 Å². The van der Waals surface area contributed by atoms with E-state index in [0.29, 0.717) is 0 Å². The van der Waals surface area contributed by atoms with Crippen LogP contribution < -0.4 is 4.90 Å². The van der Waals surface area contributed by atoms with Gasteiger partial charge >= 0.3 is 0 Å². The first kappa shape index (κ1) is 35.2. The van der Waals surface area contributed by atoms with Gasteiger partial charge in [-0.3, -0.25) is 0 Å².